The fourth-order valence-electron chi connectivity index (χ4n) is 3.22. The van der Waals surface area contributed by atoms with Crippen LogP contribution in [0.3, 0.4) is 0 Å². The molecule has 1 aliphatic heterocycles. The highest BCUT2D eigenvalue weighted by Crippen LogP contribution is 2.24. The summed E-state index contributed by atoms with van der Waals surface area (Å²) in [4.78, 5) is 26.4. The van der Waals surface area contributed by atoms with Crippen LogP contribution in [0.2, 0.25) is 0 Å². The van der Waals surface area contributed by atoms with Gasteiger partial charge in [0.25, 0.3) is 11.6 Å². The lowest BCUT2D eigenvalue weighted by atomic mass is 10.1. The van der Waals surface area contributed by atoms with Gasteiger partial charge in [-0.2, -0.15) is 0 Å². The van der Waals surface area contributed by atoms with Crippen molar-refractivity contribution in [2.45, 2.75) is 30.8 Å². The van der Waals surface area contributed by atoms with Gasteiger partial charge in [-0.3, -0.25) is 19.8 Å². The Morgan fingerprint density at radius 1 is 1.15 bits per heavy atom. The first kappa shape index (κ1) is 19.4. The number of nitro benzene ring substituents is 1. The van der Waals surface area contributed by atoms with Gasteiger partial charge in [-0.05, 0) is 55.4 Å². The number of likely N-dealkylation sites (tertiary alicyclic amines) is 1. The Bertz CT molecular complexity index is 818. The molecule has 0 bridgehead atoms. The molecule has 0 unspecified atom stereocenters. The van der Waals surface area contributed by atoms with Gasteiger partial charge in [0.2, 0.25) is 0 Å². The normalized spacial score (nSPS) is 14.3. The highest BCUT2D eigenvalue weighted by molar-refractivity contribution is 7.98. The third-order valence-electron chi connectivity index (χ3n) is 4.73. The lowest BCUT2D eigenvalue weighted by Crippen LogP contribution is -2.24. The molecule has 1 heterocycles. The number of thioether (sulfide) groups is 1. The van der Waals surface area contributed by atoms with Crippen LogP contribution >= 0.6 is 11.8 Å². The Balaban J connectivity index is 1.62. The molecule has 0 radical (unpaired) electrons. The van der Waals surface area contributed by atoms with Crippen LogP contribution in [-0.2, 0) is 13.1 Å². The predicted octanol–water partition coefficient (Wildman–Crippen LogP) is 3.84. The van der Waals surface area contributed by atoms with Gasteiger partial charge in [0.1, 0.15) is 5.56 Å². The molecule has 1 amide bonds. The summed E-state index contributed by atoms with van der Waals surface area (Å²) in [5.74, 6) is -0.432. The Labute approximate surface area is 163 Å². The van der Waals surface area contributed by atoms with Crippen molar-refractivity contribution in [1.29, 1.82) is 0 Å². The maximum absolute atomic E-state index is 12.5. The zero-order chi connectivity index (χ0) is 19.2. The fourth-order valence-corrected chi connectivity index (χ4v) is 3.66. The van der Waals surface area contributed by atoms with Gasteiger partial charge in [0.05, 0.1) is 4.92 Å². The Kier molecular flexibility index (Phi) is 6.47. The highest BCUT2D eigenvalue weighted by Gasteiger charge is 2.20. The molecule has 7 heteroatoms. The number of amides is 1. The minimum absolute atomic E-state index is 0.0949. The molecule has 0 aliphatic carbocycles. The minimum Gasteiger partial charge on any atom is -0.348 e. The first-order valence-electron chi connectivity index (χ1n) is 8.97. The summed E-state index contributed by atoms with van der Waals surface area (Å²) in [6.07, 6.45) is 4.41. The van der Waals surface area contributed by atoms with Gasteiger partial charge >= 0.3 is 0 Å². The molecule has 1 aliphatic rings. The summed E-state index contributed by atoms with van der Waals surface area (Å²) in [6.45, 7) is 3.61. The maximum atomic E-state index is 12.5. The Morgan fingerprint density at radius 3 is 2.44 bits per heavy atom. The van der Waals surface area contributed by atoms with Gasteiger partial charge in [0, 0.05) is 24.1 Å². The molecule has 6 nitrogen and oxygen atoms in total. The minimum atomic E-state index is -0.522. The number of rotatable bonds is 7. The van der Waals surface area contributed by atoms with E-state index in [0.29, 0.717) is 6.54 Å². The van der Waals surface area contributed by atoms with Crippen LogP contribution in [0.15, 0.2) is 47.4 Å². The summed E-state index contributed by atoms with van der Waals surface area (Å²) in [5.41, 5.74) is 2.15. The van der Waals surface area contributed by atoms with Crippen molar-refractivity contribution in [1.82, 2.24) is 10.2 Å². The molecule has 1 fully saturated rings. The van der Waals surface area contributed by atoms with Crippen LogP contribution in [0.1, 0.15) is 34.3 Å². The quantitative estimate of drug-likeness (QED) is 0.445. The number of nitrogens with one attached hydrogen (secondary N) is 1. The van der Waals surface area contributed by atoms with Crippen molar-refractivity contribution in [3.63, 3.8) is 0 Å². The van der Waals surface area contributed by atoms with Gasteiger partial charge < -0.3 is 5.32 Å². The number of carbonyl (C=O) groups is 1. The summed E-state index contributed by atoms with van der Waals surface area (Å²) in [6, 6.07) is 12.8. The summed E-state index contributed by atoms with van der Waals surface area (Å²) in [5, 5.41) is 14.0. The van der Waals surface area contributed by atoms with E-state index in [1.165, 1.54) is 36.2 Å². The number of benzene rings is 2. The van der Waals surface area contributed by atoms with E-state index in [1.54, 1.807) is 12.1 Å². The van der Waals surface area contributed by atoms with Crippen LogP contribution in [0.4, 0.5) is 5.69 Å². The maximum Gasteiger partial charge on any atom is 0.282 e. The van der Waals surface area contributed by atoms with Crippen molar-refractivity contribution in [2.75, 3.05) is 19.3 Å². The van der Waals surface area contributed by atoms with Crippen LogP contribution < -0.4 is 5.32 Å². The molecule has 2 aromatic rings. The van der Waals surface area contributed by atoms with Crippen molar-refractivity contribution in [3.05, 3.63) is 69.3 Å². The summed E-state index contributed by atoms with van der Waals surface area (Å²) >= 11 is 1.44. The molecular formula is C20H23N3O3S. The monoisotopic (exact) mass is 385 g/mol. The van der Waals surface area contributed by atoms with Crippen LogP contribution in [-0.4, -0.2) is 35.1 Å². The van der Waals surface area contributed by atoms with Gasteiger partial charge in [0.15, 0.2) is 0 Å². The second-order valence-electron chi connectivity index (χ2n) is 6.62. The predicted molar refractivity (Wildman–Crippen MR) is 107 cm³/mol. The Morgan fingerprint density at radius 2 is 1.81 bits per heavy atom. The van der Waals surface area contributed by atoms with Crippen molar-refractivity contribution in [2.24, 2.45) is 0 Å². The summed E-state index contributed by atoms with van der Waals surface area (Å²) < 4.78 is 0. The molecular weight excluding hydrogens is 362 g/mol. The SMILES string of the molecule is CSc1ccc([N+](=O)[O-])c(C(=O)NCc2ccc(CN3CCCC3)cc2)c1. The number of hydrogen-bond donors (Lipinski definition) is 1. The van der Waals surface area contributed by atoms with Crippen molar-refractivity contribution in [3.8, 4) is 0 Å². The van der Waals surface area contributed by atoms with Gasteiger partial charge in [-0.15, -0.1) is 11.8 Å². The number of hydrogen-bond acceptors (Lipinski definition) is 5. The van der Waals surface area contributed by atoms with Crippen molar-refractivity contribution >= 4 is 23.4 Å². The highest BCUT2D eigenvalue weighted by atomic mass is 32.2. The fraction of sp³-hybridized carbons (Fsp3) is 0.350. The van der Waals surface area contributed by atoms with E-state index in [0.717, 1.165) is 30.1 Å². The molecule has 0 aromatic heterocycles. The van der Waals surface area contributed by atoms with E-state index >= 15 is 0 Å². The summed E-state index contributed by atoms with van der Waals surface area (Å²) in [7, 11) is 0. The van der Waals surface area contributed by atoms with E-state index in [2.05, 4.69) is 22.3 Å². The molecule has 2 aromatic carbocycles. The van der Waals surface area contributed by atoms with Crippen LogP contribution in [0.25, 0.3) is 0 Å². The zero-order valence-electron chi connectivity index (χ0n) is 15.3. The second-order valence-corrected chi connectivity index (χ2v) is 7.50. The number of nitro groups is 1. The van der Waals surface area contributed by atoms with E-state index in [1.807, 2.05) is 18.4 Å². The average molecular weight is 385 g/mol. The zero-order valence-corrected chi connectivity index (χ0v) is 16.1. The molecule has 3 rings (SSSR count). The molecule has 1 N–H and O–H groups in total. The van der Waals surface area contributed by atoms with E-state index < -0.39 is 10.8 Å². The molecule has 0 saturated carbocycles. The molecule has 1 saturated heterocycles. The average Bonchev–Trinajstić information content (AvgIpc) is 3.19. The lowest BCUT2D eigenvalue weighted by Gasteiger charge is -2.14. The molecule has 27 heavy (non-hydrogen) atoms. The van der Waals surface area contributed by atoms with Crippen LogP contribution in [0, 0.1) is 10.1 Å². The Hall–Kier alpha value is -2.38. The van der Waals surface area contributed by atoms with E-state index in [4.69, 9.17) is 0 Å². The topological polar surface area (TPSA) is 75.5 Å². The van der Waals surface area contributed by atoms with E-state index in [-0.39, 0.29) is 11.3 Å². The second kappa shape index (κ2) is 9.01. The number of nitrogens with zero attached hydrogens (tertiary/aromatic N) is 2. The molecule has 142 valence electrons. The molecule has 0 spiro atoms. The standard InChI is InChI=1S/C20H23N3O3S/c1-27-17-8-9-19(23(25)26)18(12-17)20(24)21-13-15-4-6-16(7-5-15)14-22-10-2-3-11-22/h4-9,12H,2-3,10-11,13-14H2,1H3,(H,21,24). The lowest BCUT2D eigenvalue weighted by molar-refractivity contribution is -0.385. The molecule has 0 atom stereocenters. The number of carbonyl (C=O) groups excluding carboxylic acids is 1. The van der Waals surface area contributed by atoms with Gasteiger partial charge in [-0.25, -0.2) is 0 Å². The largest absolute Gasteiger partial charge is 0.348 e. The first-order valence-corrected chi connectivity index (χ1v) is 10.2. The van der Waals surface area contributed by atoms with Crippen molar-refractivity contribution < 1.29 is 9.72 Å². The third-order valence-corrected chi connectivity index (χ3v) is 5.45. The van der Waals surface area contributed by atoms with E-state index in [9.17, 15) is 14.9 Å². The van der Waals surface area contributed by atoms with Crippen LogP contribution in [0.5, 0.6) is 0 Å². The third kappa shape index (κ3) is 5.08. The first-order chi connectivity index (χ1) is 13.1. The van der Waals surface area contributed by atoms with Gasteiger partial charge in [-0.1, -0.05) is 24.3 Å². The smallest absolute Gasteiger partial charge is 0.282 e.